The van der Waals surface area contributed by atoms with Crippen molar-refractivity contribution in [3.63, 3.8) is 0 Å². The number of carbonyl (C=O) groups is 2. The highest BCUT2D eigenvalue weighted by Crippen LogP contribution is 2.41. The van der Waals surface area contributed by atoms with E-state index >= 15 is 0 Å². The fourth-order valence-electron chi connectivity index (χ4n) is 5.42. The number of ketones is 1. The molecule has 1 fully saturated rings. The van der Waals surface area contributed by atoms with Crippen molar-refractivity contribution in [3.05, 3.63) is 106 Å². The SMILES string of the molecule is CC(C)Oc1cccc(C2/C(=C(/O)c3ccc4c(c3)CCCC4)C(=O)C(=O)N2CCc2ccc(F)cc2)c1. The van der Waals surface area contributed by atoms with Crippen molar-refractivity contribution in [2.75, 3.05) is 6.54 Å². The van der Waals surface area contributed by atoms with E-state index in [1.54, 1.807) is 12.1 Å². The minimum Gasteiger partial charge on any atom is -0.507 e. The van der Waals surface area contributed by atoms with Crippen LogP contribution in [0, 0.1) is 5.82 Å². The zero-order valence-corrected chi connectivity index (χ0v) is 21.7. The van der Waals surface area contributed by atoms with Crippen LogP contribution in [-0.4, -0.2) is 34.3 Å². The average molecular weight is 514 g/mol. The van der Waals surface area contributed by atoms with Gasteiger partial charge < -0.3 is 14.7 Å². The Morgan fingerprint density at radius 3 is 2.47 bits per heavy atom. The largest absolute Gasteiger partial charge is 0.507 e. The number of aryl methyl sites for hydroxylation is 2. The quantitative estimate of drug-likeness (QED) is 0.234. The summed E-state index contributed by atoms with van der Waals surface area (Å²) in [7, 11) is 0. The van der Waals surface area contributed by atoms with Crippen LogP contribution < -0.4 is 4.74 Å². The molecule has 1 aliphatic heterocycles. The smallest absolute Gasteiger partial charge is 0.295 e. The number of aliphatic hydroxyl groups is 1. The van der Waals surface area contributed by atoms with Gasteiger partial charge in [0.25, 0.3) is 11.7 Å². The molecule has 0 spiro atoms. The van der Waals surface area contributed by atoms with E-state index in [4.69, 9.17) is 4.74 Å². The first kappa shape index (κ1) is 25.7. The number of amides is 1. The van der Waals surface area contributed by atoms with Gasteiger partial charge in [-0.1, -0.05) is 36.4 Å². The number of aliphatic hydroxyl groups excluding tert-OH is 1. The predicted molar refractivity (Wildman–Crippen MR) is 144 cm³/mol. The molecule has 1 saturated heterocycles. The summed E-state index contributed by atoms with van der Waals surface area (Å²) in [6.07, 6.45) is 4.56. The van der Waals surface area contributed by atoms with Crippen molar-refractivity contribution in [3.8, 4) is 5.75 Å². The number of ether oxygens (including phenoxy) is 1. The number of carbonyl (C=O) groups excluding carboxylic acids is 2. The van der Waals surface area contributed by atoms with Gasteiger partial charge in [-0.3, -0.25) is 9.59 Å². The molecule has 0 bridgehead atoms. The number of fused-ring (bicyclic) bond motifs is 1. The summed E-state index contributed by atoms with van der Waals surface area (Å²) in [6, 6.07) is 18.4. The lowest BCUT2D eigenvalue weighted by Gasteiger charge is -2.26. The van der Waals surface area contributed by atoms with Crippen LogP contribution in [0.2, 0.25) is 0 Å². The van der Waals surface area contributed by atoms with E-state index in [-0.39, 0.29) is 29.8 Å². The number of likely N-dealkylation sites (tertiary alicyclic amines) is 1. The summed E-state index contributed by atoms with van der Waals surface area (Å²) < 4.78 is 19.3. The molecule has 1 atom stereocenters. The van der Waals surface area contributed by atoms with Gasteiger partial charge in [0.05, 0.1) is 17.7 Å². The van der Waals surface area contributed by atoms with Gasteiger partial charge in [0.1, 0.15) is 17.3 Å². The minimum absolute atomic E-state index is 0.0504. The van der Waals surface area contributed by atoms with Crippen LogP contribution in [0.25, 0.3) is 5.76 Å². The standard InChI is InChI=1S/C32H32FNO4/c1-20(2)38-27-9-5-8-24(19-27)29-28(30(35)25-13-12-22-6-3-4-7-23(22)18-25)31(36)32(37)34(29)17-16-21-10-14-26(33)15-11-21/h5,8-15,18-20,29,35H,3-4,6-7,16-17H2,1-2H3/b30-28-. The molecule has 5 nitrogen and oxygen atoms in total. The van der Waals surface area contributed by atoms with Crippen molar-refractivity contribution in [1.29, 1.82) is 0 Å². The summed E-state index contributed by atoms with van der Waals surface area (Å²) in [5, 5.41) is 11.5. The van der Waals surface area contributed by atoms with Crippen molar-refractivity contribution in [1.82, 2.24) is 4.90 Å². The average Bonchev–Trinajstić information content (AvgIpc) is 3.17. The Kier molecular flexibility index (Phi) is 7.32. The summed E-state index contributed by atoms with van der Waals surface area (Å²) in [6.45, 7) is 4.09. The van der Waals surface area contributed by atoms with E-state index in [0.29, 0.717) is 23.3 Å². The maximum atomic E-state index is 13.4. The van der Waals surface area contributed by atoms with Gasteiger partial charge >= 0.3 is 0 Å². The van der Waals surface area contributed by atoms with E-state index in [1.807, 2.05) is 56.3 Å². The van der Waals surface area contributed by atoms with Crippen LogP contribution in [-0.2, 0) is 28.9 Å². The third-order valence-corrected chi connectivity index (χ3v) is 7.26. The first-order chi connectivity index (χ1) is 18.3. The summed E-state index contributed by atoms with van der Waals surface area (Å²) in [5.74, 6) is -1.25. The van der Waals surface area contributed by atoms with Gasteiger partial charge in [-0.05, 0) is 98.5 Å². The second-order valence-corrected chi connectivity index (χ2v) is 10.3. The van der Waals surface area contributed by atoms with Gasteiger partial charge in [-0.25, -0.2) is 4.39 Å². The van der Waals surface area contributed by atoms with Gasteiger partial charge in [-0.15, -0.1) is 0 Å². The van der Waals surface area contributed by atoms with Gasteiger partial charge in [0, 0.05) is 12.1 Å². The van der Waals surface area contributed by atoms with Crippen LogP contribution in [0.15, 0.2) is 72.3 Å². The van der Waals surface area contributed by atoms with Crippen LogP contribution in [0.5, 0.6) is 5.75 Å². The monoisotopic (exact) mass is 513 g/mol. The molecule has 1 heterocycles. The third kappa shape index (κ3) is 5.21. The fourth-order valence-corrected chi connectivity index (χ4v) is 5.42. The summed E-state index contributed by atoms with van der Waals surface area (Å²) in [5.41, 5.74) is 4.59. The Labute approximate surface area is 222 Å². The van der Waals surface area contributed by atoms with Crippen LogP contribution >= 0.6 is 0 Å². The molecule has 38 heavy (non-hydrogen) atoms. The Bertz CT molecular complexity index is 1390. The Balaban J connectivity index is 1.57. The number of rotatable bonds is 7. The maximum absolute atomic E-state index is 13.4. The molecule has 3 aromatic carbocycles. The van der Waals surface area contributed by atoms with Crippen LogP contribution in [0.3, 0.4) is 0 Å². The fraction of sp³-hybridized carbons (Fsp3) is 0.312. The number of nitrogens with zero attached hydrogens (tertiary/aromatic N) is 1. The zero-order valence-electron chi connectivity index (χ0n) is 21.7. The number of Topliss-reactive ketones (excluding diaryl/α,β-unsaturated/α-hetero) is 1. The Morgan fingerprint density at radius 1 is 1.00 bits per heavy atom. The number of hydrogen-bond donors (Lipinski definition) is 1. The lowest BCUT2D eigenvalue weighted by molar-refractivity contribution is -0.139. The second kappa shape index (κ2) is 10.8. The molecule has 0 radical (unpaired) electrons. The van der Waals surface area contributed by atoms with Crippen molar-refractivity contribution < 1.29 is 23.8 Å². The molecule has 3 aromatic rings. The first-order valence-electron chi connectivity index (χ1n) is 13.2. The molecular weight excluding hydrogens is 481 g/mol. The summed E-state index contributed by atoms with van der Waals surface area (Å²) in [4.78, 5) is 28.3. The van der Waals surface area contributed by atoms with E-state index in [9.17, 15) is 19.1 Å². The van der Waals surface area contributed by atoms with Crippen molar-refractivity contribution in [2.45, 2.75) is 58.1 Å². The lowest BCUT2D eigenvalue weighted by Crippen LogP contribution is -2.31. The molecule has 0 saturated carbocycles. The van der Waals surface area contributed by atoms with Gasteiger partial charge in [0.2, 0.25) is 0 Å². The van der Waals surface area contributed by atoms with Crippen molar-refractivity contribution >= 4 is 17.4 Å². The molecule has 6 heteroatoms. The Morgan fingerprint density at radius 2 is 1.74 bits per heavy atom. The molecule has 5 rings (SSSR count). The topological polar surface area (TPSA) is 66.8 Å². The molecule has 1 amide bonds. The first-order valence-corrected chi connectivity index (χ1v) is 13.2. The highest BCUT2D eigenvalue weighted by Gasteiger charge is 2.46. The van der Waals surface area contributed by atoms with E-state index in [0.717, 1.165) is 31.2 Å². The molecule has 2 aliphatic rings. The number of hydrogen-bond acceptors (Lipinski definition) is 4. The maximum Gasteiger partial charge on any atom is 0.295 e. The van der Waals surface area contributed by atoms with Gasteiger partial charge in [-0.2, -0.15) is 0 Å². The van der Waals surface area contributed by atoms with Crippen molar-refractivity contribution in [2.24, 2.45) is 0 Å². The third-order valence-electron chi connectivity index (χ3n) is 7.26. The minimum atomic E-state index is -0.776. The highest BCUT2D eigenvalue weighted by molar-refractivity contribution is 6.46. The normalized spacial score (nSPS) is 18.6. The summed E-state index contributed by atoms with van der Waals surface area (Å²) >= 11 is 0. The molecule has 0 aromatic heterocycles. The lowest BCUT2D eigenvalue weighted by atomic mass is 9.88. The number of benzene rings is 3. The van der Waals surface area contributed by atoms with Crippen LogP contribution in [0.1, 0.15) is 60.5 Å². The van der Waals surface area contributed by atoms with E-state index in [2.05, 4.69) is 0 Å². The van der Waals surface area contributed by atoms with Crippen LogP contribution in [0.4, 0.5) is 4.39 Å². The molecule has 196 valence electrons. The zero-order chi connectivity index (χ0) is 26.8. The molecule has 1 N–H and O–H groups in total. The Hall–Kier alpha value is -3.93. The second-order valence-electron chi connectivity index (χ2n) is 10.3. The highest BCUT2D eigenvalue weighted by atomic mass is 19.1. The van der Waals surface area contributed by atoms with E-state index < -0.39 is 17.7 Å². The van der Waals surface area contributed by atoms with E-state index in [1.165, 1.54) is 28.2 Å². The predicted octanol–water partition coefficient (Wildman–Crippen LogP) is 6.16. The molecular formula is C32H32FNO4. The van der Waals surface area contributed by atoms with Gasteiger partial charge in [0.15, 0.2) is 0 Å². The number of halogens is 1. The molecule has 1 aliphatic carbocycles. The molecule has 1 unspecified atom stereocenters.